The van der Waals surface area contributed by atoms with Crippen LogP contribution in [0.1, 0.15) is 32.9 Å². The Labute approximate surface area is 172 Å². The minimum Gasteiger partial charge on any atom is -0.465 e. The van der Waals surface area contributed by atoms with Crippen molar-refractivity contribution in [2.24, 2.45) is 0 Å². The van der Waals surface area contributed by atoms with Crippen molar-refractivity contribution in [3.8, 4) is 9.88 Å². The zero-order valence-electron chi connectivity index (χ0n) is 15.9. The standard InChI is InChI=1S/C20H23N3O3S2/c1-13-5-6-16(26-13)15(23-7-9-25-10-8-23)12-21-19(24)18-14(2)22-20(28-18)17-4-3-11-27-17/h3-6,11,15H,7-10,12H2,1-2H3,(H,21,24). The zero-order chi connectivity index (χ0) is 19.5. The van der Waals surface area contributed by atoms with Crippen LogP contribution in [0.5, 0.6) is 0 Å². The number of amides is 1. The summed E-state index contributed by atoms with van der Waals surface area (Å²) in [6.45, 7) is 7.34. The van der Waals surface area contributed by atoms with Crippen molar-refractivity contribution in [3.63, 3.8) is 0 Å². The molecule has 148 valence electrons. The first-order valence-corrected chi connectivity index (χ1v) is 11.0. The first-order valence-electron chi connectivity index (χ1n) is 9.29. The van der Waals surface area contributed by atoms with E-state index in [0.29, 0.717) is 24.6 Å². The van der Waals surface area contributed by atoms with Gasteiger partial charge in [0.2, 0.25) is 0 Å². The van der Waals surface area contributed by atoms with Crippen LogP contribution in [0, 0.1) is 13.8 Å². The molecule has 0 radical (unpaired) electrons. The number of nitrogens with one attached hydrogen (secondary N) is 1. The minimum atomic E-state index is -0.0839. The van der Waals surface area contributed by atoms with E-state index in [1.165, 1.54) is 11.3 Å². The lowest BCUT2D eigenvalue weighted by Gasteiger charge is -2.33. The third-order valence-corrected chi connectivity index (χ3v) is 6.96. The van der Waals surface area contributed by atoms with Crippen molar-refractivity contribution < 1.29 is 13.9 Å². The Kier molecular flexibility index (Phi) is 5.91. The summed E-state index contributed by atoms with van der Waals surface area (Å²) in [4.78, 5) is 21.5. The number of carbonyl (C=O) groups excluding carboxylic acids is 1. The number of nitrogens with zero attached hydrogens (tertiary/aromatic N) is 2. The summed E-state index contributed by atoms with van der Waals surface area (Å²) >= 11 is 3.07. The number of furan rings is 1. The van der Waals surface area contributed by atoms with Gasteiger partial charge in [-0.15, -0.1) is 22.7 Å². The van der Waals surface area contributed by atoms with Crippen LogP contribution in [0.4, 0.5) is 0 Å². The lowest BCUT2D eigenvalue weighted by Crippen LogP contribution is -2.43. The smallest absolute Gasteiger partial charge is 0.263 e. The van der Waals surface area contributed by atoms with Crippen molar-refractivity contribution in [1.29, 1.82) is 0 Å². The quantitative estimate of drug-likeness (QED) is 0.659. The van der Waals surface area contributed by atoms with E-state index in [1.54, 1.807) is 11.3 Å². The van der Waals surface area contributed by atoms with Crippen molar-refractivity contribution in [2.45, 2.75) is 19.9 Å². The Morgan fingerprint density at radius 1 is 1.29 bits per heavy atom. The molecule has 0 bridgehead atoms. The molecule has 0 saturated carbocycles. The molecule has 1 unspecified atom stereocenters. The van der Waals surface area contributed by atoms with Crippen LogP contribution in [-0.4, -0.2) is 48.6 Å². The van der Waals surface area contributed by atoms with Crippen LogP contribution >= 0.6 is 22.7 Å². The van der Waals surface area contributed by atoms with Crippen LogP contribution in [0.2, 0.25) is 0 Å². The summed E-state index contributed by atoms with van der Waals surface area (Å²) in [5.74, 6) is 1.66. The number of hydrogen-bond donors (Lipinski definition) is 1. The molecule has 1 aliphatic heterocycles. The molecular weight excluding hydrogens is 394 g/mol. The summed E-state index contributed by atoms with van der Waals surface area (Å²) in [6.07, 6.45) is 0. The van der Waals surface area contributed by atoms with Crippen LogP contribution < -0.4 is 5.32 Å². The first kappa shape index (κ1) is 19.3. The molecule has 3 aromatic heterocycles. The maximum atomic E-state index is 12.9. The summed E-state index contributed by atoms with van der Waals surface area (Å²) in [7, 11) is 0. The molecule has 8 heteroatoms. The second-order valence-corrected chi connectivity index (χ2v) is 8.68. The van der Waals surface area contributed by atoms with E-state index in [2.05, 4.69) is 15.2 Å². The van der Waals surface area contributed by atoms with E-state index < -0.39 is 0 Å². The predicted molar refractivity (Wildman–Crippen MR) is 111 cm³/mol. The number of morpholine rings is 1. The van der Waals surface area contributed by atoms with Crippen LogP contribution in [0.15, 0.2) is 34.1 Å². The Morgan fingerprint density at radius 3 is 2.79 bits per heavy atom. The highest BCUT2D eigenvalue weighted by atomic mass is 32.1. The molecule has 1 atom stereocenters. The van der Waals surface area contributed by atoms with Crippen LogP contribution in [-0.2, 0) is 4.74 Å². The normalized spacial score (nSPS) is 16.2. The lowest BCUT2D eigenvalue weighted by atomic mass is 10.1. The number of hydrogen-bond acceptors (Lipinski definition) is 7. The largest absolute Gasteiger partial charge is 0.465 e. The Bertz CT molecular complexity index is 927. The van der Waals surface area contributed by atoms with E-state index in [1.807, 2.05) is 43.5 Å². The topological polar surface area (TPSA) is 67.6 Å². The second kappa shape index (κ2) is 8.57. The number of rotatable bonds is 6. The Hall–Kier alpha value is -2.00. The average molecular weight is 418 g/mol. The molecule has 0 aliphatic carbocycles. The average Bonchev–Trinajstić information content (AvgIpc) is 3.44. The third-order valence-electron chi connectivity index (χ3n) is 4.77. The minimum absolute atomic E-state index is 0.00783. The number of aryl methyl sites for hydroxylation is 2. The van der Waals surface area contributed by atoms with E-state index >= 15 is 0 Å². The van der Waals surface area contributed by atoms with Gasteiger partial charge in [0.15, 0.2) is 0 Å². The molecule has 4 heterocycles. The van der Waals surface area contributed by atoms with Gasteiger partial charge in [-0.1, -0.05) is 6.07 Å². The van der Waals surface area contributed by atoms with Crippen molar-refractivity contribution in [3.05, 3.63) is 51.7 Å². The second-order valence-electron chi connectivity index (χ2n) is 6.73. The fourth-order valence-corrected chi connectivity index (χ4v) is 5.09. The number of thiazole rings is 1. The van der Waals surface area contributed by atoms with Crippen molar-refractivity contribution in [1.82, 2.24) is 15.2 Å². The highest BCUT2D eigenvalue weighted by Gasteiger charge is 2.26. The van der Waals surface area contributed by atoms with Gasteiger partial charge in [-0.3, -0.25) is 9.69 Å². The van der Waals surface area contributed by atoms with E-state index in [-0.39, 0.29) is 11.9 Å². The Balaban J connectivity index is 1.48. The number of ether oxygens (including phenoxy) is 1. The molecule has 0 aromatic carbocycles. The molecule has 0 spiro atoms. The van der Waals surface area contributed by atoms with E-state index in [9.17, 15) is 4.79 Å². The monoisotopic (exact) mass is 417 g/mol. The molecule has 1 fully saturated rings. The van der Waals surface area contributed by atoms with E-state index in [0.717, 1.165) is 40.2 Å². The number of aromatic nitrogens is 1. The first-order chi connectivity index (χ1) is 13.6. The Morgan fingerprint density at radius 2 is 2.11 bits per heavy atom. The number of carbonyl (C=O) groups is 1. The fraction of sp³-hybridized carbons (Fsp3) is 0.400. The highest BCUT2D eigenvalue weighted by Crippen LogP contribution is 2.31. The number of thiophene rings is 1. The maximum absolute atomic E-state index is 12.9. The molecule has 1 saturated heterocycles. The molecular formula is C20H23N3O3S2. The molecule has 28 heavy (non-hydrogen) atoms. The summed E-state index contributed by atoms with van der Waals surface area (Å²) in [5, 5.41) is 6.01. The van der Waals surface area contributed by atoms with Crippen LogP contribution in [0.25, 0.3) is 9.88 Å². The van der Waals surface area contributed by atoms with E-state index in [4.69, 9.17) is 9.15 Å². The van der Waals surface area contributed by atoms with Gasteiger partial charge in [0, 0.05) is 19.6 Å². The summed E-state index contributed by atoms with van der Waals surface area (Å²) in [6, 6.07) is 7.97. The predicted octanol–water partition coefficient (Wildman–Crippen LogP) is 3.88. The van der Waals surface area contributed by atoms with Crippen LogP contribution in [0.3, 0.4) is 0 Å². The highest BCUT2D eigenvalue weighted by molar-refractivity contribution is 7.22. The van der Waals surface area contributed by atoms with Gasteiger partial charge in [0.1, 0.15) is 21.4 Å². The molecule has 3 aromatic rings. The molecule has 1 amide bonds. The van der Waals surface area contributed by atoms with Gasteiger partial charge < -0.3 is 14.5 Å². The molecule has 6 nitrogen and oxygen atoms in total. The SMILES string of the molecule is Cc1ccc(C(CNC(=O)c2sc(-c3cccs3)nc2C)N2CCOCC2)o1. The fourth-order valence-electron chi connectivity index (χ4n) is 3.31. The third kappa shape index (κ3) is 4.20. The summed E-state index contributed by atoms with van der Waals surface area (Å²) < 4.78 is 11.3. The zero-order valence-corrected chi connectivity index (χ0v) is 17.6. The van der Waals surface area contributed by atoms with Gasteiger partial charge in [0.25, 0.3) is 5.91 Å². The van der Waals surface area contributed by atoms with Gasteiger partial charge in [-0.05, 0) is 37.4 Å². The van der Waals surface area contributed by atoms with Crippen molar-refractivity contribution in [2.75, 3.05) is 32.8 Å². The lowest BCUT2D eigenvalue weighted by molar-refractivity contribution is 0.0117. The van der Waals surface area contributed by atoms with Gasteiger partial charge in [0.05, 0.1) is 29.8 Å². The van der Waals surface area contributed by atoms with Gasteiger partial charge in [-0.2, -0.15) is 0 Å². The summed E-state index contributed by atoms with van der Waals surface area (Å²) in [5.41, 5.74) is 0.766. The molecule has 4 rings (SSSR count). The molecule has 1 aliphatic rings. The van der Waals surface area contributed by atoms with Gasteiger partial charge >= 0.3 is 0 Å². The maximum Gasteiger partial charge on any atom is 0.263 e. The van der Waals surface area contributed by atoms with Crippen molar-refractivity contribution >= 4 is 28.6 Å². The molecule has 1 N–H and O–H groups in total. The van der Waals surface area contributed by atoms with Gasteiger partial charge in [-0.25, -0.2) is 4.98 Å².